The first-order valence-electron chi connectivity index (χ1n) is 4.87. The number of aryl methyl sites for hydroxylation is 1. The fourth-order valence-electron chi connectivity index (χ4n) is 1.02. The first-order valence-corrected chi connectivity index (χ1v) is 4.87. The van der Waals surface area contributed by atoms with Gasteiger partial charge in [0, 0.05) is 12.3 Å². The van der Waals surface area contributed by atoms with Gasteiger partial charge in [-0.05, 0) is 31.4 Å². The van der Waals surface area contributed by atoms with Crippen molar-refractivity contribution in [1.29, 1.82) is 0 Å². The van der Waals surface area contributed by atoms with E-state index in [0.717, 1.165) is 18.7 Å². The zero-order chi connectivity index (χ0) is 9.68. The Morgan fingerprint density at radius 1 is 1.46 bits per heavy atom. The van der Waals surface area contributed by atoms with Gasteiger partial charge in [0.15, 0.2) is 0 Å². The molecule has 1 aromatic rings. The van der Waals surface area contributed by atoms with E-state index in [2.05, 4.69) is 25.8 Å². The summed E-state index contributed by atoms with van der Waals surface area (Å²) in [6.07, 6.45) is 4.09. The van der Waals surface area contributed by atoms with E-state index in [1.165, 1.54) is 5.56 Å². The molecule has 1 atom stereocenters. The van der Waals surface area contributed by atoms with Crippen LogP contribution in [0.1, 0.15) is 32.8 Å². The van der Waals surface area contributed by atoms with Crippen LogP contribution in [0.25, 0.3) is 0 Å². The molecule has 2 heteroatoms. The van der Waals surface area contributed by atoms with Gasteiger partial charge in [0.1, 0.15) is 0 Å². The molecule has 0 bridgehead atoms. The second-order valence-corrected chi connectivity index (χ2v) is 3.19. The first-order chi connectivity index (χ1) is 6.26. The number of nitrogens with zero attached hydrogens (tertiary/aromatic N) is 1. The fourth-order valence-corrected chi connectivity index (χ4v) is 1.02. The maximum atomic E-state index is 5.59. The molecule has 0 aliphatic heterocycles. The van der Waals surface area contributed by atoms with E-state index in [4.69, 9.17) is 4.74 Å². The average molecular weight is 179 g/mol. The molecule has 72 valence electrons. The molecule has 0 amide bonds. The average Bonchev–Trinajstić information content (AvgIpc) is 2.18. The van der Waals surface area contributed by atoms with E-state index in [-0.39, 0.29) is 6.10 Å². The third kappa shape index (κ3) is 3.05. The molecule has 1 rings (SSSR count). The van der Waals surface area contributed by atoms with E-state index < -0.39 is 0 Å². The second kappa shape index (κ2) is 4.85. The van der Waals surface area contributed by atoms with Gasteiger partial charge in [0.25, 0.3) is 0 Å². The van der Waals surface area contributed by atoms with Crippen LogP contribution in [0.3, 0.4) is 0 Å². The molecule has 0 spiro atoms. The Kier molecular flexibility index (Phi) is 3.74. The molecule has 0 saturated carbocycles. The van der Waals surface area contributed by atoms with Crippen molar-refractivity contribution in [2.75, 3.05) is 0 Å². The van der Waals surface area contributed by atoms with Crippen LogP contribution in [0.15, 0.2) is 18.3 Å². The van der Waals surface area contributed by atoms with Crippen LogP contribution in [-0.4, -0.2) is 11.1 Å². The van der Waals surface area contributed by atoms with Crippen LogP contribution in [0.5, 0.6) is 5.88 Å². The van der Waals surface area contributed by atoms with Gasteiger partial charge in [-0.3, -0.25) is 0 Å². The Bertz CT molecular complexity index is 260. The van der Waals surface area contributed by atoms with E-state index >= 15 is 0 Å². The van der Waals surface area contributed by atoms with Crippen molar-refractivity contribution < 1.29 is 4.74 Å². The van der Waals surface area contributed by atoms with Gasteiger partial charge in [-0.2, -0.15) is 0 Å². The third-order valence-corrected chi connectivity index (χ3v) is 2.10. The molecule has 1 aromatic heterocycles. The summed E-state index contributed by atoms with van der Waals surface area (Å²) in [6, 6.07) is 4.02. The summed E-state index contributed by atoms with van der Waals surface area (Å²) >= 11 is 0. The maximum absolute atomic E-state index is 5.59. The van der Waals surface area contributed by atoms with Crippen LogP contribution >= 0.6 is 0 Å². The monoisotopic (exact) mass is 179 g/mol. The lowest BCUT2D eigenvalue weighted by atomic mass is 10.2. The van der Waals surface area contributed by atoms with Crippen molar-refractivity contribution in [3.63, 3.8) is 0 Å². The molecule has 0 aliphatic carbocycles. The lowest BCUT2D eigenvalue weighted by Gasteiger charge is -2.11. The molecule has 0 fully saturated rings. The van der Waals surface area contributed by atoms with Gasteiger partial charge >= 0.3 is 0 Å². The Morgan fingerprint density at radius 2 is 2.23 bits per heavy atom. The Morgan fingerprint density at radius 3 is 2.85 bits per heavy atom. The molecule has 1 heterocycles. The number of pyridine rings is 1. The molecular weight excluding hydrogens is 162 g/mol. The van der Waals surface area contributed by atoms with Crippen LogP contribution in [0.2, 0.25) is 0 Å². The maximum Gasteiger partial charge on any atom is 0.213 e. The predicted octanol–water partition coefficient (Wildman–Crippen LogP) is 2.82. The lowest BCUT2D eigenvalue weighted by Crippen LogP contribution is -2.10. The normalized spacial score (nSPS) is 12.5. The molecule has 2 nitrogen and oxygen atoms in total. The Balaban J connectivity index is 2.66. The SMILES string of the molecule is CCc1ccnc(OC(C)CC)c1. The minimum atomic E-state index is 0.250. The van der Waals surface area contributed by atoms with Crippen molar-refractivity contribution in [2.24, 2.45) is 0 Å². The lowest BCUT2D eigenvalue weighted by molar-refractivity contribution is 0.208. The van der Waals surface area contributed by atoms with Gasteiger partial charge in [0.2, 0.25) is 5.88 Å². The van der Waals surface area contributed by atoms with Crippen LogP contribution in [-0.2, 0) is 6.42 Å². The van der Waals surface area contributed by atoms with Crippen LogP contribution < -0.4 is 4.74 Å². The van der Waals surface area contributed by atoms with Crippen LogP contribution in [0, 0.1) is 0 Å². The Hall–Kier alpha value is -1.05. The van der Waals surface area contributed by atoms with Crippen molar-refractivity contribution in [2.45, 2.75) is 39.7 Å². The van der Waals surface area contributed by atoms with E-state index in [0.29, 0.717) is 0 Å². The fraction of sp³-hybridized carbons (Fsp3) is 0.545. The minimum Gasteiger partial charge on any atom is -0.475 e. The Labute approximate surface area is 80.0 Å². The molecule has 0 saturated heterocycles. The van der Waals surface area contributed by atoms with Crippen molar-refractivity contribution >= 4 is 0 Å². The number of ether oxygens (including phenoxy) is 1. The summed E-state index contributed by atoms with van der Waals surface area (Å²) in [4.78, 5) is 4.15. The topological polar surface area (TPSA) is 22.1 Å². The van der Waals surface area contributed by atoms with Gasteiger partial charge < -0.3 is 4.74 Å². The van der Waals surface area contributed by atoms with E-state index in [9.17, 15) is 0 Å². The first kappa shape index (κ1) is 10.0. The van der Waals surface area contributed by atoms with Crippen molar-refractivity contribution in [3.8, 4) is 5.88 Å². The quantitative estimate of drug-likeness (QED) is 0.709. The zero-order valence-electron chi connectivity index (χ0n) is 8.58. The summed E-state index contributed by atoms with van der Waals surface area (Å²) < 4.78 is 5.59. The van der Waals surface area contributed by atoms with Crippen molar-refractivity contribution in [3.05, 3.63) is 23.9 Å². The number of hydrogen-bond donors (Lipinski definition) is 0. The highest BCUT2D eigenvalue weighted by Gasteiger charge is 2.01. The summed E-state index contributed by atoms with van der Waals surface area (Å²) in [6.45, 7) is 6.29. The van der Waals surface area contributed by atoms with Crippen LogP contribution in [0.4, 0.5) is 0 Å². The molecular formula is C11H17NO. The molecule has 0 aliphatic rings. The highest BCUT2D eigenvalue weighted by Crippen LogP contribution is 2.12. The summed E-state index contributed by atoms with van der Waals surface area (Å²) in [5.74, 6) is 0.744. The second-order valence-electron chi connectivity index (χ2n) is 3.19. The molecule has 13 heavy (non-hydrogen) atoms. The minimum absolute atomic E-state index is 0.250. The van der Waals surface area contributed by atoms with E-state index in [1.54, 1.807) is 6.20 Å². The summed E-state index contributed by atoms with van der Waals surface area (Å²) in [5, 5.41) is 0. The third-order valence-electron chi connectivity index (χ3n) is 2.10. The van der Waals surface area contributed by atoms with Crippen molar-refractivity contribution in [1.82, 2.24) is 4.98 Å². The molecule has 1 unspecified atom stereocenters. The largest absolute Gasteiger partial charge is 0.475 e. The smallest absolute Gasteiger partial charge is 0.213 e. The van der Waals surface area contributed by atoms with E-state index in [1.807, 2.05) is 12.1 Å². The van der Waals surface area contributed by atoms with Gasteiger partial charge in [0.05, 0.1) is 6.10 Å². The predicted molar refractivity (Wildman–Crippen MR) is 54.0 cm³/mol. The highest BCUT2D eigenvalue weighted by molar-refractivity contribution is 5.20. The summed E-state index contributed by atoms with van der Waals surface area (Å²) in [5.41, 5.74) is 1.27. The summed E-state index contributed by atoms with van der Waals surface area (Å²) in [7, 11) is 0. The number of aromatic nitrogens is 1. The number of hydrogen-bond acceptors (Lipinski definition) is 2. The molecule has 0 radical (unpaired) electrons. The number of rotatable bonds is 4. The standard InChI is InChI=1S/C11H17NO/c1-4-9(3)13-11-8-10(5-2)6-7-12-11/h6-9H,4-5H2,1-3H3. The molecule has 0 N–H and O–H groups in total. The van der Waals surface area contributed by atoms with Gasteiger partial charge in [-0.25, -0.2) is 4.98 Å². The molecule has 0 aromatic carbocycles. The highest BCUT2D eigenvalue weighted by atomic mass is 16.5. The van der Waals surface area contributed by atoms with Gasteiger partial charge in [-0.15, -0.1) is 0 Å². The zero-order valence-corrected chi connectivity index (χ0v) is 8.58. The van der Waals surface area contributed by atoms with Gasteiger partial charge in [-0.1, -0.05) is 13.8 Å².